The van der Waals surface area contributed by atoms with Gasteiger partial charge in [-0.1, -0.05) is 18.2 Å². The van der Waals surface area contributed by atoms with E-state index >= 15 is 0 Å². The van der Waals surface area contributed by atoms with Crippen molar-refractivity contribution in [3.63, 3.8) is 0 Å². The van der Waals surface area contributed by atoms with Gasteiger partial charge in [0.1, 0.15) is 0 Å². The van der Waals surface area contributed by atoms with Crippen molar-refractivity contribution in [3.05, 3.63) is 57.3 Å². The predicted octanol–water partition coefficient (Wildman–Crippen LogP) is 2.55. The lowest BCUT2D eigenvalue weighted by atomic mass is 10.1. The SMILES string of the molecule is Cc1ccc(CNS(=O)(=O)Cc2ccccc2C#N)s1. The van der Waals surface area contributed by atoms with Gasteiger partial charge in [0.2, 0.25) is 10.0 Å². The molecule has 2 rings (SSSR count). The van der Waals surface area contributed by atoms with Crippen LogP contribution in [0.25, 0.3) is 0 Å². The van der Waals surface area contributed by atoms with Crippen LogP contribution in [0.1, 0.15) is 20.9 Å². The maximum atomic E-state index is 12.0. The Kier molecular flexibility index (Phi) is 4.55. The number of nitrogens with zero attached hydrogens (tertiary/aromatic N) is 1. The van der Waals surface area contributed by atoms with Gasteiger partial charge >= 0.3 is 0 Å². The molecule has 0 aliphatic rings. The van der Waals surface area contributed by atoms with Crippen LogP contribution in [-0.4, -0.2) is 8.42 Å². The van der Waals surface area contributed by atoms with Crippen molar-refractivity contribution in [1.29, 1.82) is 5.26 Å². The molecule has 0 aliphatic heterocycles. The zero-order valence-corrected chi connectivity index (χ0v) is 12.6. The molecule has 0 unspecified atom stereocenters. The molecule has 104 valence electrons. The van der Waals surface area contributed by atoms with Gasteiger partial charge in [-0.3, -0.25) is 0 Å². The Hall–Kier alpha value is -1.68. The summed E-state index contributed by atoms with van der Waals surface area (Å²) in [5, 5.41) is 8.96. The van der Waals surface area contributed by atoms with Crippen LogP contribution in [0.15, 0.2) is 36.4 Å². The summed E-state index contributed by atoms with van der Waals surface area (Å²) in [5.41, 5.74) is 0.912. The fourth-order valence-electron chi connectivity index (χ4n) is 1.77. The van der Waals surface area contributed by atoms with Crippen LogP contribution in [-0.2, 0) is 22.3 Å². The highest BCUT2D eigenvalue weighted by Gasteiger charge is 2.14. The number of hydrogen-bond donors (Lipinski definition) is 1. The summed E-state index contributed by atoms with van der Waals surface area (Å²) in [6.45, 7) is 2.27. The van der Waals surface area contributed by atoms with Crippen LogP contribution in [0.2, 0.25) is 0 Å². The molecule has 2 aromatic rings. The first-order chi connectivity index (χ1) is 9.50. The molecule has 0 atom stereocenters. The minimum absolute atomic E-state index is 0.179. The summed E-state index contributed by atoms with van der Waals surface area (Å²) in [4.78, 5) is 2.12. The number of nitrogens with one attached hydrogen (secondary N) is 1. The third-order valence-electron chi connectivity index (χ3n) is 2.75. The van der Waals surface area contributed by atoms with Gasteiger partial charge in [-0.2, -0.15) is 5.26 Å². The zero-order valence-electron chi connectivity index (χ0n) is 11.0. The highest BCUT2D eigenvalue weighted by Crippen LogP contribution is 2.16. The van der Waals surface area contributed by atoms with Crippen LogP contribution >= 0.6 is 11.3 Å². The Morgan fingerprint density at radius 1 is 1.25 bits per heavy atom. The molecule has 0 saturated heterocycles. The third-order valence-corrected chi connectivity index (χ3v) is 5.02. The van der Waals surface area contributed by atoms with E-state index < -0.39 is 10.0 Å². The quantitative estimate of drug-likeness (QED) is 0.923. The van der Waals surface area contributed by atoms with Gasteiger partial charge in [-0.25, -0.2) is 13.1 Å². The van der Waals surface area contributed by atoms with E-state index in [9.17, 15) is 8.42 Å². The van der Waals surface area contributed by atoms with Gasteiger partial charge in [-0.05, 0) is 30.7 Å². The van der Waals surface area contributed by atoms with Crippen LogP contribution in [0, 0.1) is 18.3 Å². The molecule has 0 radical (unpaired) electrons. The molecule has 4 nitrogen and oxygen atoms in total. The Bertz CT molecular complexity index is 743. The van der Waals surface area contributed by atoms with Crippen molar-refractivity contribution >= 4 is 21.4 Å². The van der Waals surface area contributed by atoms with E-state index in [1.807, 2.05) is 25.1 Å². The molecule has 0 saturated carbocycles. The zero-order chi connectivity index (χ0) is 14.6. The maximum absolute atomic E-state index is 12.0. The summed E-state index contributed by atoms with van der Waals surface area (Å²) >= 11 is 1.56. The van der Waals surface area contributed by atoms with Crippen LogP contribution in [0.5, 0.6) is 0 Å². The molecule has 1 N–H and O–H groups in total. The normalized spacial score (nSPS) is 11.2. The summed E-state index contributed by atoms with van der Waals surface area (Å²) in [7, 11) is -3.45. The van der Waals surface area contributed by atoms with E-state index in [1.165, 1.54) is 0 Å². The molecule has 0 spiro atoms. The maximum Gasteiger partial charge on any atom is 0.216 e. The topological polar surface area (TPSA) is 70.0 Å². The van der Waals surface area contributed by atoms with Gasteiger partial charge in [0.05, 0.1) is 17.4 Å². The van der Waals surface area contributed by atoms with Gasteiger partial charge < -0.3 is 0 Å². The number of aryl methyl sites for hydroxylation is 1. The second kappa shape index (κ2) is 6.18. The van der Waals surface area contributed by atoms with Crippen molar-refractivity contribution in [2.45, 2.75) is 19.2 Å². The molecular formula is C14H14N2O2S2. The van der Waals surface area contributed by atoms with Gasteiger partial charge in [-0.15, -0.1) is 11.3 Å². The first-order valence-electron chi connectivity index (χ1n) is 6.01. The Morgan fingerprint density at radius 2 is 2.00 bits per heavy atom. The number of hydrogen-bond acceptors (Lipinski definition) is 4. The van der Waals surface area contributed by atoms with E-state index in [0.717, 1.165) is 9.75 Å². The van der Waals surface area contributed by atoms with Crippen LogP contribution in [0.4, 0.5) is 0 Å². The molecule has 0 fully saturated rings. The molecule has 1 aromatic carbocycles. The fraction of sp³-hybridized carbons (Fsp3) is 0.214. The first-order valence-corrected chi connectivity index (χ1v) is 8.48. The minimum atomic E-state index is -3.45. The third kappa shape index (κ3) is 3.90. The van der Waals surface area contributed by atoms with E-state index in [4.69, 9.17) is 5.26 Å². The van der Waals surface area contributed by atoms with Crippen molar-refractivity contribution in [2.24, 2.45) is 0 Å². The number of thiophene rings is 1. The van der Waals surface area contributed by atoms with Crippen molar-refractivity contribution < 1.29 is 8.42 Å². The van der Waals surface area contributed by atoms with Gasteiger partial charge in [0, 0.05) is 16.3 Å². The van der Waals surface area contributed by atoms with Crippen LogP contribution in [0.3, 0.4) is 0 Å². The lowest BCUT2D eigenvalue weighted by Gasteiger charge is -2.07. The smallest absolute Gasteiger partial charge is 0.212 e. The number of rotatable bonds is 5. The van der Waals surface area contributed by atoms with E-state index in [2.05, 4.69) is 4.72 Å². The highest BCUT2D eigenvalue weighted by atomic mass is 32.2. The molecule has 0 aliphatic carbocycles. The summed E-state index contributed by atoms with van der Waals surface area (Å²) in [5.74, 6) is -0.179. The highest BCUT2D eigenvalue weighted by molar-refractivity contribution is 7.88. The Morgan fingerprint density at radius 3 is 2.65 bits per heavy atom. The fourth-order valence-corrected chi connectivity index (χ4v) is 3.83. The van der Waals surface area contributed by atoms with Gasteiger partial charge in [0.25, 0.3) is 0 Å². The Labute approximate surface area is 122 Å². The number of sulfonamides is 1. The molecule has 1 aromatic heterocycles. The molecule has 0 amide bonds. The van der Waals surface area contributed by atoms with Crippen molar-refractivity contribution in [3.8, 4) is 6.07 Å². The first kappa shape index (κ1) is 14.7. The molecule has 1 heterocycles. The largest absolute Gasteiger partial charge is 0.216 e. The predicted molar refractivity (Wildman–Crippen MR) is 79.7 cm³/mol. The lowest BCUT2D eigenvalue weighted by molar-refractivity contribution is 0.581. The molecule has 6 heteroatoms. The van der Waals surface area contributed by atoms with E-state index in [-0.39, 0.29) is 12.3 Å². The average Bonchev–Trinajstić information content (AvgIpc) is 2.83. The molecule has 0 bridgehead atoms. The number of benzene rings is 1. The van der Waals surface area contributed by atoms with Crippen molar-refractivity contribution in [2.75, 3.05) is 0 Å². The summed E-state index contributed by atoms with van der Waals surface area (Å²) < 4.78 is 26.6. The van der Waals surface area contributed by atoms with Gasteiger partial charge in [0.15, 0.2) is 0 Å². The summed E-state index contributed by atoms with van der Waals surface area (Å²) in [6.07, 6.45) is 0. The monoisotopic (exact) mass is 306 g/mol. The number of nitriles is 1. The van der Waals surface area contributed by atoms with Crippen LogP contribution < -0.4 is 4.72 Å². The Balaban J connectivity index is 2.06. The summed E-state index contributed by atoms with van der Waals surface area (Å²) in [6, 6.07) is 12.6. The van der Waals surface area contributed by atoms with E-state index in [0.29, 0.717) is 11.1 Å². The minimum Gasteiger partial charge on any atom is -0.212 e. The van der Waals surface area contributed by atoms with Crippen molar-refractivity contribution in [1.82, 2.24) is 4.72 Å². The molecule has 20 heavy (non-hydrogen) atoms. The molecular weight excluding hydrogens is 292 g/mol. The lowest BCUT2D eigenvalue weighted by Crippen LogP contribution is -2.24. The average molecular weight is 306 g/mol. The standard InChI is InChI=1S/C14H14N2O2S2/c1-11-6-7-14(19-11)9-16-20(17,18)10-13-5-3-2-4-12(13)8-15/h2-7,16H,9-10H2,1H3. The second-order valence-electron chi connectivity index (χ2n) is 4.36. The van der Waals surface area contributed by atoms with E-state index in [1.54, 1.807) is 35.6 Å². The second-order valence-corrected chi connectivity index (χ2v) is 7.54.